The largest absolute Gasteiger partial charge is 0.301 e. The first-order valence-electron chi connectivity index (χ1n) is 4.76. The van der Waals surface area contributed by atoms with Crippen molar-refractivity contribution >= 4 is 0 Å². The van der Waals surface area contributed by atoms with E-state index in [1.807, 2.05) is 0 Å². The van der Waals surface area contributed by atoms with Crippen molar-refractivity contribution < 1.29 is 4.39 Å². The number of likely N-dealkylation sites (N-methyl/N-ethyl adjacent to an activating group) is 2. The highest BCUT2D eigenvalue weighted by Crippen LogP contribution is 2.10. The normalized spacial score (nSPS) is 27.8. The fourth-order valence-corrected chi connectivity index (χ4v) is 1.74. The van der Waals surface area contributed by atoms with Gasteiger partial charge >= 0.3 is 0 Å². The smallest absolute Gasteiger partial charge is 0.0909 e. The van der Waals surface area contributed by atoms with Gasteiger partial charge in [-0.05, 0) is 20.0 Å². The summed E-state index contributed by atoms with van der Waals surface area (Å²) in [6.45, 7) is 6.33. The number of nitrogens with zero attached hydrogens (tertiary/aromatic N) is 2. The number of halogens is 1. The zero-order valence-electron chi connectivity index (χ0n) is 8.09. The van der Waals surface area contributed by atoms with E-state index < -0.39 is 0 Å². The van der Waals surface area contributed by atoms with Crippen LogP contribution in [0.3, 0.4) is 0 Å². The summed E-state index contributed by atoms with van der Waals surface area (Å²) in [5, 5.41) is 0. The molecular weight excluding hydrogens is 155 g/mol. The van der Waals surface area contributed by atoms with Crippen LogP contribution in [0.2, 0.25) is 0 Å². The van der Waals surface area contributed by atoms with E-state index in [1.54, 1.807) is 0 Å². The first-order valence-corrected chi connectivity index (χ1v) is 4.76. The Morgan fingerprint density at radius 3 is 2.75 bits per heavy atom. The molecule has 1 aliphatic rings. The van der Waals surface area contributed by atoms with Crippen molar-refractivity contribution in [2.24, 2.45) is 0 Å². The summed E-state index contributed by atoms with van der Waals surface area (Å²) in [5.41, 5.74) is 0. The number of piperazine rings is 1. The number of rotatable bonds is 3. The molecule has 1 saturated heterocycles. The summed E-state index contributed by atoms with van der Waals surface area (Å²) in [7, 11) is 2.09. The Kier molecular flexibility index (Phi) is 3.95. The van der Waals surface area contributed by atoms with Crippen LogP contribution in [0.15, 0.2) is 0 Å². The molecule has 1 heterocycles. The monoisotopic (exact) mass is 174 g/mol. The lowest BCUT2D eigenvalue weighted by Gasteiger charge is -2.38. The Bertz CT molecular complexity index is 130. The molecule has 0 N–H and O–H groups in total. The fraction of sp³-hybridized carbons (Fsp3) is 1.00. The molecule has 0 aromatic rings. The van der Waals surface area contributed by atoms with Crippen molar-refractivity contribution in [1.82, 2.24) is 9.80 Å². The molecule has 0 saturated carbocycles. The van der Waals surface area contributed by atoms with Crippen molar-refractivity contribution in [2.45, 2.75) is 19.4 Å². The molecule has 0 spiro atoms. The fourth-order valence-electron chi connectivity index (χ4n) is 1.74. The van der Waals surface area contributed by atoms with Gasteiger partial charge in [0.15, 0.2) is 0 Å². The van der Waals surface area contributed by atoms with Crippen LogP contribution in [0, 0.1) is 0 Å². The van der Waals surface area contributed by atoms with Gasteiger partial charge in [-0.1, -0.05) is 6.92 Å². The van der Waals surface area contributed by atoms with Crippen molar-refractivity contribution in [3.8, 4) is 0 Å². The minimum atomic E-state index is -0.188. The molecule has 1 atom stereocenters. The van der Waals surface area contributed by atoms with Crippen LogP contribution >= 0.6 is 0 Å². The Morgan fingerprint density at radius 2 is 2.17 bits per heavy atom. The van der Waals surface area contributed by atoms with E-state index in [1.165, 1.54) is 0 Å². The second kappa shape index (κ2) is 4.77. The van der Waals surface area contributed by atoms with Gasteiger partial charge in [-0.2, -0.15) is 0 Å². The van der Waals surface area contributed by atoms with E-state index >= 15 is 0 Å². The second-order valence-corrected chi connectivity index (χ2v) is 3.51. The molecule has 2 nitrogen and oxygen atoms in total. The highest BCUT2D eigenvalue weighted by molar-refractivity contribution is 4.79. The summed E-state index contributed by atoms with van der Waals surface area (Å²) < 4.78 is 12.1. The van der Waals surface area contributed by atoms with Gasteiger partial charge in [0.1, 0.15) is 0 Å². The molecule has 1 aliphatic heterocycles. The first-order chi connectivity index (χ1) is 5.77. The molecule has 0 bridgehead atoms. The quantitative estimate of drug-likeness (QED) is 0.629. The summed E-state index contributed by atoms with van der Waals surface area (Å²) in [6.07, 6.45) is 0.688. The molecule has 0 aromatic heterocycles. The molecule has 0 aromatic carbocycles. The lowest BCUT2D eigenvalue weighted by atomic mass is 10.1. The highest BCUT2D eigenvalue weighted by Gasteiger charge is 2.22. The lowest BCUT2D eigenvalue weighted by molar-refractivity contribution is 0.0900. The van der Waals surface area contributed by atoms with E-state index in [0.29, 0.717) is 12.5 Å². The molecular formula is C9H19FN2. The third-order valence-corrected chi connectivity index (χ3v) is 2.75. The van der Waals surface area contributed by atoms with Gasteiger partial charge in [0.2, 0.25) is 0 Å². The molecule has 72 valence electrons. The Morgan fingerprint density at radius 1 is 1.42 bits per heavy atom. The summed E-state index contributed by atoms with van der Waals surface area (Å²) in [6, 6.07) is 0.434. The predicted molar refractivity (Wildman–Crippen MR) is 49.1 cm³/mol. The van der Waals surface area contributed by atoms with E-state index in [2.05, 4.69) is 23.8 Å². The standard InChI is InChI=1S/C9H19FN2/c1-3-12-7-6-11(2)9(8-12)4-5-10/h9H,3-8H2,1-2H3. The molecule has 0 amide bonds. The van der Waals surface area contributed by atoms with Crippen LogP contribution in [0.25, 0.3) is 0 Å². The minimum absolute atomic E-state index is 0.188. The highest BCUT2D eigenvalue weighted by atomic mass is 19.1. The third-order valence-electron chi connectivity index (χ3n) is 2.75. The maximum Gasteiger partial charge on any atom is 0.0909 e. The van der Waals surface area contributed by atoms with Gasteiger partial charge in [0.05, 0.1) is 6.67 Å². The van der Waals surface area contributed by atoms with E-state index in [9.17, 15) is 4.39 Å². The van der Waals surface area contributed by atoms with Crippen molar-refractivity contribution in [2.75, 3.05) is 39.9 Å². The van der Waals surface area contributed by atoms with E-state index in [0.717, 1.165) is 26.2 Å². The number of hydrogen-bond donors (Lipinski definition) is 0. The molecule has 1 fully saturated rings. The Hall–Kier alpha value is -0.150. The molecule has 0 aliphatic carbocycles. The van der Waals surface area contributed by atoms with E-state index in [4.69, 9.17) is 0 Å². The average Bonchev–Trinajstić information content (AvgIpc) is 2.09. The average molecular weight is 174 g/mol. The predicted octanol–water partition coefficient (Wildman–Crippen LogP) is 0.982. The third kappa shape index (κ3) is 2.42. The van der Waals surface area contributed by atoms with Gasteiger partial charge in [-0.15, -0.1) is 0 Å². The summed E-state index contributed by atoms with van der Waals surface area (Å²) in [4.78, 5) is 4.66. The van der Waals surface area contributed by atoms with Gasteiger partial charge in [-0.25, -0.2) is 0 Å². The van der Waals surface area contributed by atoms with Crippen LogP contribution in [-0.2, 0) is 0 Å². The second-order valence-electron chi connectivity index (χ2n) is 3.51. The number of hydrogen-bond acceptors (Lipinski definition) is 2. The van der Waals surface area contributed by atoms with Crippen molar-refractivity contribution in [3.05, 3.63) is 0 Å². The molecule has 0 radical (unpaired) electrons. The minimum Gasteiger partial charge on any atom is -0.301 e. The molecule has 3 heteroatoms. The van der Waals surface area contributed by atoms with Crippen molar-refractivity contribution in [1.29, 1.82) is 0 Å². The van der Waals surface area contributed by atoms with Crippen molar-refractivity contribution in [3.63, 3.8) is 0 Å². The Balaban J connectivity index is 2.36. The van der Waals surface area contributed by atoms with Crippen LogP contribution in [0.1, 0.15) is 13.3 Å². The van der Waals surface area contributed by atoms with Crippen LogP contribution < -0.4 is 0 Å². The van der Waals surface area contributed by atoms with Crippen LogP contribution in [0.4, 0.5) is 4.39 Å². The Labute approximate surface area is 74.3 Å². The van der Waals surface area contributed by atoms with Gasteiger partial charge in [-0.3, -0.25) is 4.39 Å². The van der Waals surface area contributed by atoms with Gasteiger partial charge in [0.25, 0.3) is 0 Å². The molecule has 1 rings (SSSR count). The number of alkyl halides is 1. The lowest BCUT2D eigenvalue weighted by Crippen LogP contribution is -2.51. The van der Waals surface area contributed by atoms with Gasteiger partial charge in [0, 0.05) is 25.7 Å². The van der Waals surface area contributed by atoms with E-state index in [-0.39, 0.29) is 6.67 Å². The van der Waals surface area contributed by atoms with Gasteiger partial charge < -0.3 is 9.80 Å². The summed E-state index contributed by atoms with van der Waals surface area (Å²) in [5.74, 6) is 0. The topological polar surface area (TPSA) is 6.48 Å². The molecule has 12 heavy (non-hydrogen) atoms. The maximum atomic E-state index is 12.1. The molecule has 1 unspecified atom stereocenters. The van der Waals surface area contributed by atoms with Crippen LogP contribution in [-0.4, -0.2) is 55.7 Å². The zero-order valence-corrected chi connectivity index (χ0v) is 8.09. The SMILES string of the molecule is CCN1CCN(C)C(CCF)C1. The summed E-state index contributed by atoms with van der Waals surface area (Å²) >= 11 is 0. The first kappa shape index (κ1) is 9.93. The zero-order chi connectivity index (χ0) is 8.97. The maximum absolute atomic E-state index is 12.1. The van der Waals surface area contributed by atoms with Crippen LogP contribution in [0.5, 0.6) is 0 Å².